The first-order valence-corrected chi connectivity index (χ1v) is 9.13. The predicted octanol–water partition coefficient (Wildman–Crippen LogP) is 2.89. The number of hydrogen-bond acceptors (Lipinski definition) is 2. The molecule has 2 atom stereocenters. The predicted molar refractivity (Wildman–Crippen MR) is 95.7 cm³/mol. The number of piperidine rings is 1. The van der Waals surface area contributed by atoms with Crippen LogP contribution in [-0.4, -0.2) is 70.7 Å². The average Bonchev–Trinajstić information content (AvgIpc) is 2.63. The molecule has 6 heteroatoms. The van der Waals surface area contributed by atoms with Gasteiger partial charge in [0.2, 0.25) is 0 Å². The van der Waals surface area contributed by atoms with Gasteiger partial charge in [-0.2, -0.15) is 0 Å². The summed E-state index contributed by atoms with van der Waals surface area (Å²) in [4.78, 5) is 29.6. The zero-order valence-corrected chi connectivity index (χ0v) is 14.8. The van der Waals surface area contributed by atoms with Gasteiger partial charge in [-0.05, 0) is 37.7 Å². The molecule has 0 unspecified atom stereocenters. The standard InChI is InChI=1S/C19H27N3O3/c1-20-12-6-14-21(18(20)23)16-9-5-13-22(19(24)25)17(16)11-10-15-7-3-2-4-8-15/h2-4,7-8,16-17H,5-6,9-14H2,1H3,(H,24,25)/t16-,17-/m1/s1. The highest BCUT2D eigenvalue weighted by Crippen LogP contribution is 2.28. The van der Waals surface area contributed by atoms with Gasteiger partial charge in [-0.1, -0.05) is 30.3 Å². The molecular weight excluding hydrogens is 318 g/mol. The number of aryl methyl sites for hydroxylation is 1. The van der Waals surface area contributed by atoms with Crippen LogP contribution < -0.4 is 0 Å². The average molecular weight is 345 g/mol. The minimum atomic E-state index is -0.874. The Hall–Kier alpha value is -2.24. The molecule has 6 nitrogen and oxygen atoms in total. The lowest BCUT2D eigenvalue weighted by Gasteiger charge is -2.47. The molecule has 1 N–H and O–H groups in total. The Morgan fingerprint density at radius 2 is 1.92 bits per heavy atom. The first-order valence-electron chi connectivity index (χ1n) is 9.13. The number of amides is 3. The highest BCUT2D eigenvalue weighted by molar-refractivity contribution is 5.75. The maximum Gasteiger partial charge on any atom is 0.407 e. The van der Waals surface area contributed by atoms with Gasteiger partial charge >= 0.3 is 12.1 Å². The Morgan fingerprint density at radius 1 is 1.16 bits per heavy atom. The summed E-state index contributed by atoms with van der Waals surface area (Å²) < 4.78 is 0. The van der Waals surface area contributed by atoms with Gasteiger partial charge in [-0.15, -0.1) is 0 Å². The molecule has 1 aromatic carbocycles. The second kappa shape index (κ2) is 7.76. The van der Waals surface area contributed by atoms with Crippen molar-refractivity contribution in [2.75, 3.05) is 26.7 Å². The van der Waals surface area contributed by atoms with Crippen LogP contribution in [0.25, 0.3) is 0 Å². The summed E-state index contributed by atoms with van der Waals surface area (Å²) in [6.07, 6.45) is 3.32. The number of carboxylic acid groups (broad SMARTS) is 1. The van der Waals surface area contributed by atoms with E-state index in [9.17, 15) is 14.7 Å². The van der Waals surface area contributed by atoms with Gasteiger partial charge in [0.05, 0.1) is 12.1 Å². The van der Waals surface area contributed by atoms with Crippen molar-refractivity contribution in [3.05, 3.63) is 35.9 Å². The number of urea groups is 1. The summed E-state index contributed by atoms with van der Waals surface area (Å²) in [7, 11) is 1.82. The van der Waals surface area contributed by atoms with E-state index in [4.69, 9.17) is 0 Å². The number of rotatable bonds is 4. The van der Waals surface area contributed by atoms with Gasteiger partial charge in [0.25, 0.3) is 0 Å². The third kappa shape index (κ3) is 3.89. The van der Waals surface area contributed by atoms with E-state index in [0.717, 1.165) is 45.2 Å². The Bertz CT molecular complexity index is 607. The number of carbonyl (C=O) groups excluding carboxylic acids is 1. The van der Waals surface area contributed by atoms with Crippen molar-refractivity contribution in [3.8, 4) is 0 Å². The zero-order chi connectivity index (χ0) is 17.8. The van der Waals surface area contributed by atoms with Crippen molar-refractivity contribution < 1.29 is 14.7 Å². The summed E-state index contributed by atoms with van der Waals surface area (Å²) in [5.74, 6) is 0. The number of hydrogen-bond donors (Lipinski definition) is 1. The molecule has 2 saturated heterocycles. The Morgan fingerprint density at radius 3 is 2.64 bits per heavy atom. The van der Waals surface area contributed by atoms with Crippen LogP contribution in [0.3, 0.4) is 0 Å². The van der Waals surface area contributed by atoms with Crippen LogP contribution in [0, 0.1) is 0 Å². The van der Waals surface area contributed by atoms with Crippen LogP contribution in [0.2, 0.25) is 0 Å². The lowest BCUT2D eigenvalue weighted by atomic mass is 9.90. The summed E-state index contributed by atoms with van der Waals surface area (Å²) in [6.45, 7) is 2.06. The molecule has 25 heavy (non-hydrogen) atoms. The molecule has 0 bridgehead atoms. The second-order valence-electron chi connectivity index (χ2n) is 7.03. The maximum atomic E-state index is 12.6. The largest absolute Gasteiger partial charge is 0.465 e. The monoisotopic (exact) mass is 345 g/mol. The Balaban J connectivity index is 1.78. The molecule has 2 aliphatic rings. The molecule has 0 aliphatic carbocycles. The molecule has 0 spiro atoms. The molecule has 0 saturated carbocycles. The van der Waals surface area contributed by atoms with E-state index < -0.39 is 6.09 Å². The molecule has 0 aromatic heterocycles. The first kappa shape index (κ1) is 17.6. The minimum Gasteiger partial charge on any atom is -0.465 e. The number of nitrogens with zero attached hydrogens (tertiary/aromatic N) is 3. The number of carbonyl (C=O) groups is 2. The topological polar surface area (TPSA) is 64.1 Å². The fourth-order valence-electron chi connectivity index (χ4n) is 4.14. The van der Waals surface area contributed by atoms with Crippen LogP contribution in [0.5, 0.6) is 0 Å². The third-order valence-corrected chi connectivity index (χ3v) is 5.43. The summed E-state index contributed by atoms with van der Waals surface area (Å²) >= 11 is 0. The molecule has 1 aromatic rings. The molecule has 2 aliphatic heterocycles. The highest BCUT2D eigenvalue weighted by atomic mass is 16.4. The maximum absolute atomic E-state index is 12.6. The van der Waals surface area contributed by atoms with Gasteiger partial charge in [-0.3, -0.25) is 0 Å². The first-order chi connectivity index (χ1) is 12.1. The summed E-state index contributed by atoms with van der Waals surface area (Å²) in [5, 5.41) is 9.65. The molecule has 136 valence electrons. The third-order valence-electron chi connectivity index (χ3n) is 5.43. The van der Waals surface area contributed by atoms with Crippen LogP contribution in [0.15, 0.2) is 30.3 Å². The van der Waals surface area contributed by atoms with Gasteiger partial charge in [0, 0.05) is 26.7 Å². The van der Waals surface area contributed by atoms with E-state index in [1.54, 1.807) is 9.80 Å². The second-order valence-corrected chi connectivity index (χ2v) is 7.03. The smallest absolute Gasteiger partial charge is 0.407 e. The van der Waals surface area contributed by atoms with Gasteiger partial charge in [-0.25, -0.2) is 9.59 Å². The van der Waals surface area contributed by atoms with Crippen molar-refractivity contribution in [2.24, 2.45) is 0 Å². The van der Waals surface area contributed by atoms with Crippen LogP contribution in [0.4, 0.5) is 9.59 Å². The van der Waals surface area contributed by atoms with E-state index in [2.05, 4.69) is 12.1 Å². The Kier molecular flexibility index (Phi) is 5.46. The highest BCUT2D eigenvalue weighted by Gasteiger charge is 2.40. The fourth-order valence-corrected chi connectivity index (χ4v) is 4.14. The van der Waals surface area contributed by atoms with Crippen molar-refractivity contribution in [2.45, 2.75) is 44.2 Å². The van der Waals surface area contributed by atoms with Crippen LogP contribution in [0.1, 0.15) is 31.2 Å². The fraction of sp³-hybridized carbons (Fsp3) is 0.579. The molecule has 3 amide bonds. The summed E-state index contributed by atoms with van der Waals surface area (Å²) in [6, 6.07) is 10.0. The van der Waals surface area contributed by atoms with Crippen LogP contribution >= 0.6 is 0 Å². The zero-order valence-electron chi connectivity index (χ0n) is 14.8. The summed E-state index contributed by atoms with van der Waals surface area (Å²) in [5.41, 5.74) is 1.21. The number of benzene rings is 1. The Labute approximate surface area is 149 Å². The lowest BCUT2D eigenvalue weighted by molar-refractivity contribution is 0.0345. The van der Waals surface area contributed by atoms with E-state index in [1.807, 2.05) is 30.1 Å². The van der Waals surface area contributed by atoms with E-state index >= 15 is 0 Å². The molecule has 3 rings (SSSR count). The number of likely N-dealkylation sites (tertiary alicyclic amines) is 1. The normalized spacial score (nSPS) is 24.5. The molecule has 0 radical (unpaired) electrons. The molecular formula is C19H27N3O3. The van der Waals surface area contributed by atoms with Crippen molar-refractivity contribution >= 4 is 12.1 Å². The van der Waals surface area contributed by atoms with Crippen LogP contribution in [-0.2, 0) is 6.42 Å². The minimum absolute atomic E-state index is 0.0242. The van der Waals surface area contributed by atoms with E-state index in [-0.39, 0.29) is 18.1 Å². The van der Waals surface area contributed by atoms with Gasteiger partial charge < -0.3 is 19.8 Å². The SMILES string of the molecule is CN1CCCN([C@@H]2CCCN(C(=O)O)[C@@H]2CCc2ccccc2)C1=O. The van der Waals surface area contributed by atoms with E-state index in [1.165, 1.54) is 5.56 Å². The van der Waals surface area contributed by atoms with Gasteiger partial charge in [0.1, 0.15) is 0 Å². The van der Waals surface area contributed by atoms with E-state index in [0.29, 0.717) is 6.54 Å². The van der Waals surface area contributed by atoms with Crippen molar-refractivity contribution in [1.29, 1.82) is 0 Å². The quantitative estimate of drug-likeness (QED) is 0.912. The lowest BCUT2D eigenvalue weighted by Crippen LogP contribution is -2.61. The molecule has 2 fully saturated rings. The molecule has 2 heterocycles. The van der Waals surface area contributed by atoms with Crippen molar-refractivity contribution in [1.82, 2.24) is 14.7 Å². The van der Waals surface area contributed by atoms with Gasteiger partial charge in [0.15, 0.2) is 0 Å². The van der Waals surface area contributed by atoms with Crippen molar-refractivity contribution in [3.63, 3.8) is 0 Å².